The zero-order valence-electron chi connectivity index (χ0n) is 15.4. The third kappa shape index (κ3) is 6.71. The third-order valence-electron chi connectivity index (χ3n) is 3.76. The van der Waals surface area contributed by atoms with Crippen LogP contribution < -0.4 is 16.4 Å². The van der Waals surface area contributed by atoms with Gasteiger partial charge in [-0.2, -0.15) is 0 Å². The quantitative estimate of drug-likeness (QED) is 0.0769. The van der Waals surface area contributed by atoms with E-state index in [0.29, 0.717) is 0 Å². The summed E-state index contributed by atoms with van der Waals surface area (Å²) in [5, 5.41) is 41.5. The molecule has 0 spiro atoms. The summed E-state index contributed by atoms with van der Waals surface area (Å²) < 4.78 is 27.5. The van der Waals surface area contributed by atoms with E-state index in [-0.39, 0.29) is 13.2 Å². The first-order chi connectivity index (χ1) is 13.0. The monoisotopic (exact) mass is 426 g/mol. The molecule has 0 aromatic rings. The normalized spacial score (nSPS) is 26.2. The molecule has 0 radical (unpaired) electrons. The van der Waals surface area contributed by atoms with Crippen molar-refractivity contribution in [3.63, 3.8) is 0 Å². The molecular formula is C14H27N4O9P. The molecule has 0 aromatic carbocycles. The molecular weight excluding hydrogens is 399 g/mol. The average Bonchev–Trinajstić information content (AvgIpc) is 2.60. The lowest BCUT2D eigenvalue weighted by atomic mass is 9.93. The highest BCUT2D eigenvalue weighted by Crippen LogP contribution is 2.53. The second-order valence-electron chi connectivity index (χ2n) is 5.98. The smallest absolute Gasteiger partial charge is 0.392 e. The van der Waals surface area contributed by atoms with Crippen LogP contribution >= 0.6 is 7.60 Å². The van der Waals surface area contributed by atoms with Crippen LogP contribution in [0.25, 0.3) is 0 Å². The van der Waals surface area contributed by atoms with Crippen LogP contribution in [0.1, 0.15) is 6.92 Å². The van der Waals surface area contributed by atoms with Gasteiger partial charge in [0.1, 0.15) is 18.3 Å². The Bertz CT molecular complexity index is 632. The van der Waals surface area contributed by atoms with Gasteiger partial charge in [-0.05, 0) is 6.08 Å². The van der Waals surface area contributed by atoms with Crippen molar-refractivity contribution in [2.45, 2.75) is 37.3 Å². The van der Waals surface area contributed by atoms with E-state index in [1.807, 2.05) is 0 Å². The van der Waals surface area contributed by atoms with Crippen LogP contribution in [0.2, 0.25) is 0 Å². The Morgan fingerprint density at radius 1 is 1.43 bits per heavy atom. The van der Waals surface area contributed by atoms with Crippen molar-refractivity contribution >= 4 is 19.5 Å². The van der Waals surface area contributed by atoms with E-state index in [1.54, 1.807) is 0 Å². The number of rotatable bonds is 10. The van der Waals surface area contributed by atoms with Gasteiger partial charge >= 0.3 is 7.60 Å². The Balaban J connectivity index is 3.29. The number of aliphatic hydroxyl groups excluding tert-OH is 3. The molecule has 1 unspecified atom stereocenters. The van der Waals surface area contributed by atoms with Gasteiger partial charge in [0.2, 0.25) is 11.4 Å². The van der Waals surface area contributed by atoms with E-state index in [2.05, 4.69) is 10.6 Å². The van der Waals surface area contributed by atoms with Gasteiger partial charge in [0.15, 0.2) is 5.96 Å². The summed E-state index contributed by atoms with van der Waals surface area (Å²) in [4.78, 5) is 21.7. The number of nitrogens with one attached hydrogen (secondary N) is 3. The zero-order valence-corrected chi connectivity index (χ0v) is 16.3. The van der Waals surface area contributed by atoms with Gasteiger partial charge in [-0.15, -0.1) is 0 Å². The highest BCUT2D eigenvalue weighted by molar-refractivity contribution is 7.57. The van der Waals surface area contributed by atoms with Crippen LogP contribution in [0.3, 0.4) is 0 Å². The van der Waals surface area contributed by atoms with E-state index < -0.39 is 62.0 Å². The lowest BCUT2D eigenvalue weighted by Gasteiger charge is -2.41. The molecule has 14 heteroatoms. The van der Waals surface area contributed by atoms with Gasteiger partial charge < -0.3 is 50.6 Å². The van der Waals surface area contributed by atoms with Crippen LogP contribution in [0.5, 0.6) is 0 Å². The molecule has 1 rings (SSSR count). The van der Waals surface area contributed by atoms with Crippen molar-refractivity contribution in [3.05, 3.63) is 11.6 Å². The fraction of sp³-hybridized carbons (Fsp3) is 0.714. The zero-order chi connectivity index (χ0) is 21.5. The topological polar surface area (TPSA) is 217 Å². The lowest BCUT2D eigenvalue weighted by Crippen LogP contribution is -2.63. The minimum Gasteiger partial charge on any atom is -0.478 e. The van der Waals surface area contributed by atoms with Gasteiger partial charge in [-0.3, -0.25) is 14.8 Å². The Kier molecular flexibility index (Phi) is 9.30. The molecule has 0 fully saturated rings. The first kappa shape index (κ1) is 24.3. The van der Waals surface area contributed by atoms with Gasteiger partial charge in [-0.25, -0.2) is 0 Å². The van der Waals surface area contributed by atoms with Crippen molar-refractivity contribution in [1.82, 2.24) is 10.6 Å². The number of aliphatic hydroxyl groups is 3. The Morgan fingerprint density at radius 3 is 2.57 bits per heavy atom. The minimum atomic E-state index is -4.52. The molecule has 9 N–H and O–H groups in total. The van der Waals surface area contributed by atoms with Crippen LogP contribution in [0.4, 0.5) is 0 Å². The van der Waals surface area contributed by atoms with Crippen molar-refractivity contribution in [2.24, 2.45) is 5.73 Å². The van der Waals surface area contributed by atoms with Crippen molar-refractivity contribution in [1.29, 1.82) is 5.41 Å². The molecule has 28 heavy (non-hydrogen) atoms. The Morgan fingerprint density at radius 2 is 2.07 bits per heavy atom. The maximum Gasteiger partial charge on any atom is 0.392 e. The van der Waals surface area contributed by atoms with E-state index >= 15 is 0 Å². The number of hydrogen-bond acceptors (Lipinski definition) is 9. The molecule has 0 aromatic heterocycles. The van der Waals surface area contributed by atoms with E-state index in [9.17, 15) is 24.5 Å². The van der Waals surface area contributed by atoms with Gasteiger partial charge in [-0.1, -0.05) is 0 Å². The average molecular weight is 426 g/mol. The maximum atomic E-state index is 12.5. The molecule has 0 aliphatic carbocycles. The molecule has 1 aliphatic heterocycles. The Labute approximate surface area is 161 Å². The summed E-state index contributed by atoms with van der Waals surface area (Å²) >= 11 is 0. The number of carbonyl (C=O) groups is 1. The molecule has 1 aliphatic rings. The van der Waals surface area contributed by atoms with E-state index in [4.69, 9.17) is 30.2 Å². The first-order valence-electron chi connectivity index (χ1n) is 8.23. The molecule has 162 valence electrons. The largest absolute Gasteiger partial charge is 0.478 e. The van der Waals surface area contributed by atoms with Crippen LogP contribution in [0, 0.1) is 5.41 Å². The second-order valence-corrected chi connectivity index (χ2v) is 7.72. The summed E-state index contributed by atoms with van der Waals surface area (Å²) in [6.45, 7) is 0.133. The van der Waals surface area contributed by atoms with Crippen LogP contribution in [-0.4, -0.2) is 89.4 Å². The maximum absolute atomic E-state index is 12.5. The number of hydrogen-bond donors (Lipinski definition) is 8. The van der Waals surface area contributed by atoms with Crippen molar-refractivity contribution in [3.8, 4) is 0 Å². The predicted molar refractivity (Wildman–Crippen MR) is 96.2 cm³/mol. The molecule has 1 heterocycles. The number of ether oxygens (including phenoxy) is 2. The van der Waals surface area contributed by atoms with E-state index in [1.165, 1.54) is 14.0 Å². The van der Waals surface area contributed by atoms with Crippen LogP contribution in [0.15, 0.2) is 11.6 Å². The summed E-state index contributed by atoms with van der Waals surface area (Å²) in [5.41, 5.74) is 4.75. The molecule has 0 saturated carbocycles. The number of nitrogens with two attached hydrogens (primary N) is 1. The fourth-order valence-corrected chi connectivity index (χ4v) is 3.56. The molecule has 0 bridgehead atoms. The predicted octanol–water partition coefficient (Wildman–Crippen LogP) is -2.85. The molecule has 1 amide bonds. The second kappa shape index (κ2) is 10.7. The third-order valence-corrected chi connectivity index (χ3v) is 5.11. The summed E-state index contributed by atoms with van der Waals surface area (Å²) in [6.07, 6.45) is -3.83. The molecule has 6 atom stereocenters. The Hall–Kier alpha value is -1.73. The van der Waals surface area contributed by atoms with Crippen LogP contribution in [-0.2, 0) is 23.4 Å². The van der Waals surface area contributed by atoms with Crippen molar-refractivity contribution < 1.29 is 43.6 Å². The number of guanidine groups is 1. The first-order valence-corrected chi connectivity index (χ1v) is 9.81. The highest BCUT2D eigenvalue weighted by Gasteiger charge is 2.46. The standard InChI is InChI=1S/C14H27N4O9P/c1-7(20)17-11-8(18-14(15)16)5-10(28(23,24)26-4-3-25-2)27-13(11)12(22)9(21)6-19/h5,8-9,11-13,19,21-22H,3-4,6H2,1-2H3,(H,17,20)(H,23,24)(H4,15,16,18)/t8-,9+,11+,12+,13+/m0/s1. The summed E-state index contributed by atoms with van der Waals surface area (Å²) in [7, 11) is -3.14. The molecule has 13 nitrogen and oxygen atoms in total. The minimum absolute atomic E-state index is 0.0246. The molecule has 0 saturated heterocycles. The fourth-order valence-electron chi connectivity index (χ4n) is 2.51. The number of methoxy groups -OCH3 is 1. The number of carbonyl (C=O) groups excluding carboxylic acids is 1. The lowest BCUT2D eigenvalue weighted by molar-refractivity contribution is -0.126. The van der Waals surface area contributed by atoms with Crippen molar-refractivity contribution in [2.75, 3.05) is 26.9 Å². The van der Waals surface area contributed by atoms with E-state index in [0.717, 1.165) is 6.08 Å². The SMILES string of the molecule is COCCOP(=O)(O)C1=C[C@H](NC(=N)N)[C@@H](NC(C)=O)[C@H]([C@H](O)[C@H](O)CO)O1. The van der Waals surface area contributed by atoms with Gasteiger partial charge in [0, 0.05) is 14.0 Å². The summed E-state index contributed by atoms with van der Waals surface area (Å²) in [5.74, 6) is -1.07. The highest BCUT2D eigenvalue weighted by atomic mass is 31.2. The summed E-state index contributed by atoms with van der Waals surface area (Å²) in [6, 6.07) is -2.18. The van der Waals surface area contributed by atoms with Gasteiger partial charge in [0.05, 0.1) is 31.9 Å². The number of amides is 1. The van der Waals surface area contributed by atoms with Gasteiger partial charge in [0.25, 0.3) is 0 Å².